The SMILES string of the molecule is COC(=O)c1ccc2c(ccc(C)[n+]2[O-])c1. The predicted molar refractivity (Wildman–Crippen MR) is 59.0 cm³/mol. The molecule has 0 radical (unpaired) electrons. The van der Waals surface area contributed by atoms with Crippen molar-refractivity contribution in [1.29, 1.82) is 0 Å². The smallest absolute Gasteiger partial charge is 0.337 e. The van der Waals surface area contributed by atoms with Gasteiger partial charge in [-0.1, -0.05) is 0 Å². The number of methoxy groups -OCH3 is 1. The summed E-state index contributed by atoms with van der Waals surface area (Å²) in [6.45, 7) is 1.74. The molecule has 4 heteroatoms. The topological polar surface area (TPSA) is 53.2 Å². The highest BCUT2D eigenvalue weighted by Gasteiger charge is 2.10. The number of pyridine rings is 1. The lowest BCUT2D eigenvalue weighted by Gasteiger charge is -2.05. The van der Waals surface area contributed by atoms with Crippen LogP contribution in [0.3, 0.4) is 0 Å². The molecule has 1 aromatic carbocycles. The zero-order chi connectivity index (χ0) is 11.7. The summed E-state index contributed by atoms with van der Waals surface area (Å²) >= 11 is 0. The number of rotatable bonds is 1. The summed E-state index contributed by atoms with van der Waals surface area (Å²) in [7, 11) is 1.33. The van der Waals surface area contributed by atoms with E-state index in [4.69, 9.17) is 0 Å². The first kappa shape index (κ1) is 10.4. The minimum absolute atomic E-state index is 0.403. The third-order valence-corrected chi connectivity index (χ3v) is 2.49. The van der Waals surface area contributed by atoms with Gasteiger partial charge in [0.2, 0.25) is 5.52 Å². The van der Waals surface area contributed by atoms with E-state index in [1.807, 2.05) is 6.07 Å². The molecule has 0 unspecified atom stereocenters. The lowest BCUT2D eigenvalue weighted by Crippen LogP contribution is -2.30. The molecule has 0 saturated carbocycles. The Morgan fingerprint density at radius 2 is 2.06 bits per heavy atom. The Bertz CT molecular complexity index is 563. The standard InChI is InChI=1S/C12H11NO3/c1-8-3-4-9-7-10(12(14)16-2)5-6-11(9)13(8)15/h3-7H,1-2H3. The Morgan fingerprint density at radius 1 is 1.31 bits per heavy atom. The Labute approximate surface area is 92.7 Å². The van der Waals surface area contributed by atoms with E-state index in [1.54, 1.807) is 31.2 Å². The van der Waals surface area contributed by atoms with Gasteiger partial charge in [-0.15, -0.1) is 0 Å². The third kappa shape index (κ3) is 1.58. The summed E-state index contributed by atoms with van der Waals surface area (Å²) in [5, 5.41) is 12.4. The summed E-state index contributed by atoms with van der Waals surface area (Å²) in [5.41, 5.74) is 1.62. The molecule has 1 aromatic heterocycles. The number of ether oxygens (including phenoxy) is 1. The Hall–Kier alpha value is -2.10. The van der Waals surface area contributed by atoms with Crippen molar-refractivity contribution in [3.8, 4) is 0 Å². The zero-order valence-electron chi connectivity index (χ0n) is 9.06. The largest absolute Gasteiger partial charge is 0.618 e. The molecule has 16 heavy (non-hydrogen) atoms. The molecular formula is C12H11NO3. The van der Waals surface area contributed by atoms with Crippen LogP contribution in [0.25, 0.3) is 10.9 Å². The van der Waals surface area contributed by atoms with Crippen molar-refractivity contribution in [2.45, 2.75) is 6.92 Å². The molecule has 0 spiro atoms. The van der Waals surface area contributed by atoms with Gasteiger partial charge < -0.3 is 9.94 Å². The first-order valence-electron chi connectivity index (χ1n) is 4.85. The van der Waals surface area contributed by atoms with E-state index in [2.05, 4.69) is 4.74 Å². The van der Waals surface area contributed by atoms with Gasteiger partial charge in [-0.3, -0.25) is 0 Å². The minimum atomic E-state index is -0.403. The molecule has 2 aromatic rings. The molecule has 2 rings (SSSR count). The van der Waals surface area contributed by atoms with Crippen LogP contribution in [0.15, 0.2) is 30.3 Å². The molecular weight excluding hydrogens is 206 g/mol. The lowest BCUT2D eigenvalue weighted by atomic mass is 10.1. The van der Waals surface area contributed by atoms with Gasteiger partial charge in [0.25, 0.3) is 0 Å². The number of aryl methyl sites for hydroxylation is 1. The van der Waals surface area contributed by atoms with Crippen molar-refractivity contribution in [3.63, 3.8) is 0 Å². The van der Waals surface area contributed by atoms with E-state index in [1.165, 1.54) is 7.11 Å². The number of carbonyl (C=O) groups excluding carboxylic acids is 1. The van der Waals surface area contributed by atoms with Crippen molar-refractivity contribution in [2.24, 2.45) is 0 Å². The predicted octanol–water partition coefficient (Wildman–Crippen LogP) is 1.57. The van der Waals surface area contributed by atoms with E-state index in [9.17, 15) is 10.0 Å². The fourth-order valence-electron chi connectivity index (χ4n) is 1.59. The van der Waals surface area contributed by atoms with E-state index in [-0.39, 0.29) is 0 Å². The molecule has 0 aliphatic heterocycles. The summed E-state index contributed by atoms with van der Waals surface area (Å²) in [5.74, 6) is -0.403. The molecule has 0 atom stereocenters. The molecule has 0 fully saturated rings. The third-order valence-electron chi connectivity index (χ3n) is 2.49. The molecule has 0 aliphatic carbocycles. The number of esters is 1. The van der Waals surface area contributed by atoms with Gasteiger partial charge in [0.15, 0.2) is 5.69 Å². The van der Waals surface area contributed by atoms with E-state index >= 15 is 0 Å². The van der Waals surface area contributed by atoms with Crippen LogP contribution in [0.4, 0.5) is 0 Å². The van der Waals surface area contributed by atoms with Crippen LogP contribution in [-0.4, -0.2) is 13.1 Å². The van der Waals surface area contributed by atoms with Crippen LogP contribution in [0.5, 0.6) is 0 Å². The summed E-state index contributed by atoms with van der Waals surface area (Å²) in [6.07, 6.45) is 0. The highest BCUT2D eigenvalue weighted by atomic mass is 16.5. The minimum Gasteiger partial charge on any atom is -0.618 e. The van der Waals surface area contributed by atoms with Gasteiger partial charge >= 0.3 is 5.97 Å². The van der Waals surface area contributed by atoms with Crippen LogP contribution in [0, 0.1) is 12.1 Å². The van der Waals surface area contributed by atoms with E-state index in [0.717, 1.165) is 10.1 Å². The first-order valence-corrected chi connectivity index (χ1v) is 4.85. The fourth-order valence-corrected chi connectivity index (χ4v) is 1.59. The molecule has 4 nitrogen and oxygen atoms in total. The number of benzene rings is 1. The van der Waals surface area contributed by atoms with Crippen molar-refractivity contribution >= 4 is 16.9 Å². The number of hydrogen-bond donors (Lipinski definition) is 0. The highest BCUT2D eigenvalue weighted by Crippen LogP contribution is 2.14. The average molecular weight is 217 g/mol. The van der Waals surface area contributed by atoms with Crippen LogP contribution >= 0.6 is 0 Å². The van der Waals surface area contributed by atoms with Crippen LogP contribution in [0.1, 0.15) is 16.1 Å². The normalized spacial score (nSPS) is 10.4. The highest BCUT2D eigenvalue weighted by molar-refractivity contribution is 5.93. The van der Waals surface area contributed by atoms with Gasteiger partial charge in [-0.05, 0) is 18.2 Å². The molecule has 0 saturated heterocycles. The Morgan fingerprint density at radius 3 is 2.75 bits per heavy atom. The number of fused-ring (bicyclic) bond motifs is 1. The van der Waals surface area contributed by atoms with E-state index in [0.29, 0.717) is 16.8 Å². The lowest BCUT2D eigenvalue weighted by molar-refractivity contribution is -0.584. The van der Waals surface area contributed by atoms with Gasteiger partial charge in [0.05, 0.1) is 12.7 Å². The van der Waals surface area contributed by atoms with Crippen LogP contribution in [-0.2, 0) is 4.74 Å². The van der Waals surface area contributed by atoms with Crippen molar-refractivity contribution < 1.29 is 14.3 Å². The summed E-state index contributed by atoms with van der Waals surface area (Å²) in [6, 6.07) is 8.39. The maximum Gasteiger partial charge on any atom is 0.337 e. The quantitative estimate of drug-likeness (QED) is 0.414. The number of nitrogens with zero attached hydrogens (tertiary/aromatic N) is 1. The van der Waals surface area contributed by atoms with Crippen molar-refractivity contribution in [2.75, 3.05) is 7.11 Å². The van der Waals surface area contributed by atoms with Crippen LogP contribution < -0.4 is 4.73 Å². The maximum absolute atomic E-state index is 11.7. The maximum atomic E-state index is 11.7. The summed E-state index contributed by atoms with van der Waals surface area (Å²) in [4.78, 5) is 11.3. The first-order chi connectivity index (χ1) is 7.63. The molecule has 0 N–H and O–H groups in total. The van der Waals surface area contributed by atoms with Gasteiger partial charge in [-0.25, -0.2) is 4.79 Å². The monoisotopic (exact) mass is 217 g/mol. The second-order valence-electron chi connectivity index (χ2n) is 3.53. The number of aromatic nitrogens is 1. The second kappa shape index (κ2) is 3.81. The Balaban J connectivity index is 2.65. The molecule has 0 bridgehead atoms. The number of hydrogen-bond acceptors (Lipinski definition) is 3. The van der Waals surface area contributed by atoms with Gasteiger partial charge in [-0.2, -0.15) is 4.73 Å². The molecule has 82 valence electrons. The molecule has 0 aliphatic rings. The van der Waals surface area contributed by atoms with Gasteiger partial charge in [0, 0.05) is 24.4 Å². The zero-order valence-corrected chi connectivity index (χ0v) is 9.06. The Kier molecular flexibility index (Phi) is 2.48. The fraction of sp³-hybridized carbons (Fsp3) is 0.167. The molecule has 1 heterocycles. The van der Waals surface area contributed by atoms with Crippen molar-refractivity contribution in [1.82, 2.24) is 0 Å². The molecule has 0 amide bonds. The van der Waals surface area contributed by atoms with Crippen LogP contribution in [0.2, 0.25) is 0 Å². The average Bonchev–Trinajstić information content (AvgIpc) is 2.32. The number of carbonyl (C=O) groups is 1. The van der Waals surface area contributed by atoms with Crippen molar-refractivity contribution in [3.05, 3.63) is 46.8 Å². The van der Waals surface area contributed by atoms with Gasteiger partial charge in [0.1, 0.15) is 0 Å². The summed E-state index contributed by atoms with van der Waals surface area (Å²) < 4.78 is 5.46. The second-order valence-corrected chi connectivity index (χ2v) is 3.53. The van der Waals surface area contributed by atoms with E-state index < -0.39 is 5.97 Å².